The maximum Gasteiger partial charge on any atom is 0.442 e. The molecular weight excluding hydrogens is 308 g/mol. The molecule has 3 rings (SSSR count). The van der Waals surface area contributed by atoms with Crippen molar-refractivity contribution >= 4 is 13.3 Å². The molecule has 0 aliphatic heterocycles. The van der Waals surface area contributed by atoms with Crippen LogP contribution in [-0.2, 0) is 6.54 Å². The molecule has 0 radical (unpaired) electrons. The van der Waals surface area contributed by atoms with Gasteiger partial charge in [-0.3, -0.25) is 4.52 Å². The smallest absolute Gasteiger partial charge is 0.295 e. The predicted molar refractivity (Wildman–Crippen MR) is 90.3 cm³/mol. The first kappa shape index (κ1) is 15.4. The molecule has 0 saturated heterocycles. The SMILES string of the molecule is C[Si](C)(C)c1ccc(Cn2c(-c3ncccn3)noc2=O)cc1. The second kappa shape index (κ2) is 5.92. The Labute approximate surface area is 134 Å². The van der Waals surface area contributed by atoms with E-state index in [9.17, 15) is 4.79 Å². The third-order valence-corrected chi connectivity index (χ3v) is 5.68. The summed E-state index contributed by atoms with van der Waals surface area (Å²) in [6, 6.07) is 10.1. The van der Waals surface area contributed by atoms with Crippen LogP contribution in [0.3, 0.4) is 0 Å². The summed E-state index contributed by atoms with van der Waals surface area (Å²) in [4.78, 5) is 20.2. The average Bonchev–Trinajstić information content (AvgIpc) is 2.89. The molecule has 6 nitrogen and oxygen atoms in total. The van der Waals surface area contributed by atoms with Gasteiger partial charge < -0.3 is 0 Å². The van der Waals surface area contributed by atoms with Crippen LogP contribution in [0.25, 0.3) is 11.6 Å². The molecule has 0 unspecified atom stereocenters. The minimum atomic E-state index is -1.33. The van der Waals surface area contributed by atoms with Crippen LogP contribution in [-0.4, -0.2) is 27.8 Å². The minimum absolute atomic E-state index is 0.338. The molecule has 0 aliphatic carbocycles. The highest BCUT2D eigenvalue weighted by Gasteiger charge is 2.17. The van der Waals surface area contributed by atoms with Crippen LogP contribution in [0, 0.1) is 0 Å². The third-order valence-electron chi connectivity index (χ3n) is 3.61. The highest BCUT2D eigenvalue weighted by Crippen LogP contribution is 2.12. The zero-order valence-corrected chi connectivity index (χ0v) is 14.4. The first-order chi connectivity index (χ1) is 10.9. The summed E-state index contributed by atoms with van der Waals surface area (Å²) in [7, 11) is -1.33. The summed E-state index contributed by atoms with van der Waals surface area (Å²) in [5, 5.41) is 5.18. The number of nitrogens with zero attached hydrogens (tertiary/aromatic N) is 4. The van der Waals surface area contributed by atoms with Crippen molar-refractivity contribution in [2.24, 2.45) is 0 Å². The number of hydrogen-bond donors (Lipinski definition) is 0. The third kappa shape index (κ3) is 3.29. The summed E-state index contributed by atoms with van der Waals surface area (Å²) in [5.41, 5.74) is 1.01. The normalized spacial score (nSPS) is 11.6. The van der Waals surface area contributed by atoms with Crippen molar-refractivity contribution < 1.29 is 4.52 Å². The van der Waals surface area contributed by atoms with Gasteiger partial charge >= 0.3 is 5.76 Å². The molecule has 0 spiro atoms. The zero-order chi connectivity index (χ0) is 16.4. The van der Waals surface area contributed by atoms with Crippen LogP contribution in [0.5, 0.6) is 0 Å². The molecule has 3 aromatic rings. The Balaban J connectivity index is 1.92. The molecule has 0 saturated carbocycles. The Bertz CT molecular complexity index is 848. The number of aromatic nitrogens is 4. The Morgan fingerprint density at radius 2 is 1.74 bits per heavy atom. The van der Waals surface area contributed by atoms with Gasteiger partial charge in [0.1, 0.15) is 0 Å². The molecular formula is C16H18N4O2Si. The fraction of sp³-hybridized carbons (Fsp3) is 0.250. The Kier molecular flexibility index (Phi) is 3.95. The first-order valence-corrected chi connectivity index (χ1v) is 10.9. The highest BCUT2D eigenvalue weighted by atomic mass is 28.3. The van der Waals surface area contributed by atoms with E-state index in [0.29, 0.717) is 18.2 Å². The number of rotatable bonds is 4. The molecule has 118 valence electrons. The van der Waals surface area contributed by atoms with Crippen molar-refractivity contribution in [1.82, 2.24) is 19.7 Å². The molecule has 0 amide bonds. The monoisotopic (exact) mass is 326 g/mol. The van der Waals surface area contributed by atoms with E-state index in [4.69, 9.17) is 4.52 Å². The highest BCUT2D eigenvalue weighted by molar-refractivity contribution is 6.88. The van der Waals surface area contributed by atoms with Gasteiger partial charge in [0, 0.05) is 12.4 Å². The van der Waals surface area contributed by atoms with Crippen molar-refractivity contribution in [3.05, 3.63) is 58.8 Å². The summed E-state index contributed by atoms with van der Waals surface area (Å²) < 4.78 is 6.23. The van der Waals surface area contributed by atoms with Crippen LogP contribution in [0.1, 0.15) is 5.56 Å². The molecule has 2 aromatic heterocycles. The van der Waals surface area contributed by atoms with Crippen molar-refractivity contribution in [3.63, 3.8) is 0 Å². The van der Waals surface area contributed by atoms with Crippen molar-refractivity contribution in [2.45, 2.75) is 26.2 Å². The molecule has 1 aromatic carbocycles. The summed E-state index contributed by atoms with van der Waals surface area (Å²) in [5.74, 6) is 0.198. The van der Waals surface area contributed by atoms with E-state index in [0.717, 1.165) is 5.56 Å². The van der Waals surface area contributed by atoms with E-state index < -0.39 is 13.8 Å². The lowest BCUT2D eigenvalue weighted by molar-refractivity contribution is 0.378. The summed E-state index contributed by atoms with van der Waals surface area (Å²) in [6.45, 7) is 7.29. The first-order valence-electron chi connectivity index (χ1n) is 7.38. The topological polar surface area (TPSA) is 73.8 Å². The Morgan fingerprint density at radius 1 is 1.09 bits per heavy atom. The summed E-state index contributed by atoms with van der Waals surface area (Å²) in [6.07, 6.45) is 3.21. The van der Waals surface area contributed by atoms with Crippen LogP contribution < -0.4 is 10.9 Å². The van der Waals surface area contributed by atoms with Gasteiger partial charge in [-0.25, -0.2) is 19.3 Å². The van der Waals surface area contributed by atoms with E-state index in [1.807, 2.05) is 12.1 Å². The average molecular weight is 326 g/mol. The van der Waals surface area contributed by atoms with Crippen LogP contribution in [0.2, 0.25) is 19.6 Å². The largest absolute Gasteiger partial charge is 0.442 e. The Hall–Kier alpha value is -2.54. The fourth-order valence-electron chi connectivity index (χ4n) is 2.28. The van der Waals surface area contributed by atoms with Gasteiger partial charge in [0.05, 0.1) is 14.6 Å². The van der Waals surface area contributed by atoms with Gasteiger partial charge in [0.2, 0.25) is 5.82 Å². The maximum absolute atomic E-state index is 11.9. The van der Waals surface area contributed by atoms with E-state index in [1.165, 1.54) is 9.75 Å². The molecule has 0 atom stereocenters. The Morgan fingerprint density at radius 3 is 2.35 bits per heavy atom. The quantitative estimate of drug-likeness (QED) is 0.685. The molecule has 0 bridgehead atoms. The van der Waals surface area contributed by atoms with Crippen molar-refractivity contribution in [3.8, 4) is 11.6 Å². The zero-order valence-electron chi connectivity index (χ0n) is 13.4. The van der Waals surface area contributed by atoms with E-state index >= 15 is 0 Å². The molecule has 0 fully saturated rings. The minimum Gasteiger partial charge on any atom is -0.295 e. The van der Waals surface area contributed by atoms with Gasteiger partial charge in [-0.15, -0.1) is 0 Å². The molecule has 7 heteroatoms. The number of hydrogen-bond acceptors (Lipinski definition) is 5. The van der Waals surface area contributed by atoms with Crippen molar-refractivity contribution in [1.29, 1.82) is 0 Å². The lowest BCUT2D eigenvalue weighted by atomic mass is 10.2. The van der Waals surface area contributed by atoms with E-state index in [-0.39, 0.29) is 0 Å². The lowest BCUT2D eigenvalue weighted by Crippen LogP contribution is -2.37. The van der Waals surface area contributed by atoms with E-state index in [2.05, 4.69) is 46.9 Å². The van der Waals surface area contributed by atoms with Gasteiger partial charge in [-0.1, -0.05) is 54.2 Å². The molecule has 2 heterocycles. The van der Waals surface area contributed by atoms with E-state index in [1.54, 1.807) is 18.5 Å². The van der Waals surface area contributed by atoms with Crippen LogP contribution in [0.15, 0.2) is 52.0 Å². The van der Waals surface area contributed by atoms with Crippen LogP contribution >= 0.6 is 0 Å². The molecule has 0 N–H and O–H groups in total. The van der Waals surface area contributed by atoms with Gasteiger partial charge in [0.25, 0.3) is 0 Å². The standard InChI is InChI=1S/C16H18N4O2Si/c1-23(2,3)13-7-5-12(6-8-13)11-20-15(19-22-16(20)21)14-17-9-4-10-18-14/h4-10H,11H2,1-3H3. The summed E-state index contributed by atoms with van der Waals surface area (Å²) >= 11 is 0. The number of benzene rings is 1. The maximum atomic E-state index is 11.9. The van der Waals surface area contributed by atoms with Gasteiger partial charge in [0.15, 0.2) is 5.82 Å². The van der Waals surface area contributed by atoms with Gasteiger partial charge in [-0.2, -0.15) is 0 Å². The second-order valence-electron chi connectivity index (χ2n) is 6.38. The second-order valence-corrected chi connectivity index (χ2v) is 11.5. The molecule has 0 aliphatic rings. The van der Waals surface area contributed by atoms with Crippen molar-refractivity contribution in [2.75, 3.05) is 0 Å². The molecule has 23 heavy (non-hydrogen) atoms. The lowest BCUT2D eigenvalue weighted by Gasteiger charge is -2.16. The fourth-order valence-corrected chi connectivity index (χ4v) is 3.44. The predicted octanol–water partition coefficient (Wildman–Crippen LogP) is 1.89. The van der Waals surface area contributed by atoms with Gasteiger partial charge in [-0.05, 0) is 11.6 Å². The van der Waals surface area contributed by atoms with Crippen LogP contribution in [0.4, 0.5) is 0 Å².